The number of ether oxygens (including phenoxy) is 2. The van der Waals surface area contributed by atoms with Crippen molar-refractivity contribution < 1.29 is 22.7 Å². The molecule has 11 heteroatoms. The number of methoxy groups -OCH3 is 1. The molecule has 0 heterocycles. The van der Waals surface area contributed by atoms with Crippen molar-refractivity contribution in [1.29, 1.82) is 0 Å². The molecule has 0 aromatic heterocycles. The van der Waals surface area contributed by atoms with Gasteiger partial charge in [0.2, 0.25) is 15.9 Å². The summed E-state index contributed by atoms with van der Waals surface area (Å²) >= 11 is 2.48. The lowest BCUT2D eigenvalue weighted by molar-refractivity contribution is -0.136. The summed E-state index contributed by atoms with van der Waals surface area (Å²) in [7, 11) is 1.26. The molecule has 2 atom stereocenters. The van der Waals surface area contributed by atoms with E-state index in [1.807, 2.05) is 11.9 Å². The standard InChI is InChI=1S/C29H49IN4O5S/c1-22-18-27(38-5)19-23(2)29(22)40(36,37)32(3)16-17-39-21-28(35)33(4)26-11-10-24(20-26)31-13-15-34(14-12-30)25-8-6-7-9-25/h18-19,24-26,31H,6-17,20-21H2,1-5H3/t24?,26-/m0/s1. The number of halogens is 1. The third kappa shape index (κ3) is 9.00. The molecule has 9 nitrogen and oxygen atoms in total. The maximum atomic E-state index is 13.2. The summed E-state index contributed by atoms with van der Waals surface area (Å²) in [5.41, 5.74) is 1.27. The van der Waals surface area contributed by atoms with Gasteiger partial charge in [-0.1, -0.05) is 35.4 Å². The monoisotopic (exact) mass is 692 g/mol. The van der Waals surface area contributed by atoms with Gasteiger partial charge in [0.05, 0.1) is 18.6 Å². The van der Waals surface area contributed by atoms with Crippen LogP contribution in [0, 0.1) is 13.8 Å². The van der Waals surface area contributed by atoms with Crippen LogP contribution in [0.5, 0.6) is 5.75 Å². The number of aryl methyl sites for hydroxylation is 2. The molecule has 0 spiro atoms. The molecule has 1 N–H and O–H groups in total. The van der Waals surface area contributed by atoms with Gasteiger partial charge in [0.25, 0.3) is 0 Å². The Bertz CT molecular complexity index is 1040. The summed E-state index contributed by atoms with van der Waals surface area (Å²) in [5, 5.41) is 3.74. The van der Waals surface area contributed by atoms with Gasteiger partial charge in [-0.05, 0) is 69.2 Å². The topological polar surface area (TPSA) is 91.4 Å². The highest BCUT2D eigenvalue weighted by molar-refractivity contribution is 14.1. The van der Waals surface area contributed by atoms with Crippen LogP contribution >= 0.6 is 22.6 Å². The van der Waals surface area contributed by atoms with Gasteiger partial charge in [0.15, 0.2) is 0 Å². The number of carbonyl (C=O) groups is 1. The number of likely N-dealkylation sites (N-methyl/N-ethyl adjacent to an activating group) is 2. The van der Waals surface area contributed by atoms with Crippen LogP contribution in [0.15, 0.2) is 17.0 Å². The van der Waals surface area contributed by atoms with E-state index >= 15 is 0 Å². The molecule has 1 unspecified atom stereocenters. The zero-order valence-corrected chi connectivity index (χ0v) is 27.9. The van der Waals surface area contributed by atoms with Gasteiger partial charge >= 0.3 is 0 Å². The predicted molar refractivity (Wildman–Crippen MR) is 168 cm³/mol. The molecule has 3 rings (SSSR count). The predicted octanol–water partition coefficient (Wildman–Crippen LogP) is 3.60. The van der Waals surface area contributed by atoms with Gasteiger partial charge in [-0.3, -0.25) is 9.69 Å². The van der Waals surface area contributed by atoms with E-state index in [0.717, 1.165) is 38.4 Å². The normalized spacial score (nSPS) is 20.1. The molecule has 0 bridgehead atoms. The van der Waals surface area contributed by atoms with Crippen molar-refractivity contribution in [3.63, 3.8) is 0 Å². The number of rotatable bonds is 16. The molecule has 1 aromatic carbocycles. The van der Waals surface area contributed by atoms with Crippen LogP contribution < -0.4 is 10.1 Å². The summed E-state index contributed by atoms with van der Waals surface area (Å²) in [4.78, 5) is 17.6. The molecule has 0 aliphatic heterocycles. The molecule has 228 valence electrons. The molecule has 40 heavy (non-hydrogen) atoms. The molecule has 2 aliphatic rings. The molecule has 2 saturated carbocycles. The Morgan fingerprint density at radius 2 is 1.70 bits per heavy atom. The summed E-state index contributed by atoms with van der Waals surface area (Å²) in [5.74, 6) is 0.567. The second kappa shape index (κ2) is 16.0. The molecular weight excluding hydrogens is 643 g/mol. The lowest BCUT2D eigenvalue weighted by atomic mass is 10.1. The minimum Gasteiger partial charge on any atom is -0.497 e. The van der Waals surface area contributed by atoms with E-state index in [4.69, 9.17) is 9.47 Å². The first-order chi connectivity index (χ1) is 19.1. The molecule has 2 aliphatic carbocycles. The van der Waals surface area contributed by atoms with Crippen molar-refractivity contribution in [3.8, 4) is 5.75 Å². The quantitative estimate of drug-likeness (QED) is 0.161. The van der Waals surface area contributed by atoms with Crippen LogP contribution in [-0.2, 0) is 19.6 Å². The third-order valence-electron chi connectivity index (χ3n) is 8.50. The average molecular weight is 693 g/mol. The highest BCUT2D eigenvalue weighted by Gasteiger charge is 2.30. The summed E-state index contributed by atoms with van der Waals surface area (Å²) in [6.07, 6.45) is 8.43. The Hall–Kier alpha value is -0.990. The fraction of sp³-hybridized carbons (Fsp3) is 0.759. The number of nitrogens with one attached hydrogen (secondary N) is 1. The first-order valence-corrected chi connectivity index (χ1v) is 17.5. The zero-order chi connectivity index (χ0) is 29.3. The minimum absolute atomic E-state index is 0.0494. The maximum Gasteiger partial charge on any atom is 0.248 e. The fourth-order valence-corrected chi connectivity index (χ4v) is 8.31. The molecule has 0 radical (unpaired) electrons. The molecule has 2 fully saturated rings. The summed E-state index contributed by atoms with van der Waals surface area (Å²) in [6.45, 7) is 7.05. The van der Waals surface area contributed by atoms with Crippen LogP contribution in [0.2, 0.25) is 0 Å². The van der Waals surface area contributed by atoms with Gasteiger partial charge < -0.3 is 19.7 Å². The Kier molecular flexibility index (Phi) is 13.4. The number of sulfonamides is 1. The van der Waals surface area contributed by atoms with Gasteiger partial charge in [-0.15, -0.1) is 0 Å². The number of nitrogens with zero attached hydrogens (tertiary/aromatic N) is 3. The number of carbonyl (C=O) groups excluding carboxylic acids is 1. The van der Waals surface area contributed by atoms with E-state index in [0.29, 0.717) is 22.9 Å². The Balaban J connectivity index is 1.38. The van der Waals surface area contributed by atoms with Crippen LogP contribution in [-0.4, -0.2) is 112 Å². The number of hydrogen-bond acceptors (Lipinski definition) is 7. The van der Waals surface area contributed by atoms with E-state index in [1.54, 1.807) is 33.1 Å². The fourth-order valence-electron chi connectivity index (χ4n) is 6.13. The first kappa shape index (κ1) is 33.5. The Morgan fingerprint density at radius 1 is 1.02 bits per heavy atom. The molecule has 1 amide bonds. The second-order valence-corrected chi connectivity index (χ2v) is 14.3. The van der Waals surface area contributed by atoms with Crippen molar-refractivity contribution in [3.05, 3.63) is 23.3 Å². The number of alkyl halides is 1. The zero-order valence-electron chi connectivity index (χ0n) is 25.0. The van der Waals surface area contributed by atoms with E-state index in [1.165, 1.54) is 48.0 Å². The highest BCUT2D eigenvalue weighted by atomic mass is 127. The van der Waals surface area contributed by atoms with Crippen LogP contribution in [0.3, 0.4) is 0 Å². The highest BCUT2D eigenvalue weighted by Crippen LogP contribution is 2.28. The van der Waals surface area contributed by atoms with Crippen molar-refractivity contribution >= 4 is 38.5 Å². The van der Waals surface area contributed by atoms with E-state index in [-0.39, 0.29) is 36.6 Å². The molecule has 1 aromatic rings. The summed E-state index contributed by atoms with van der Waals surface area (Å²) < 4.78 is 39.7. The lowest BCUT2D eigenvalue weighted by Gasteiger charge is -2.29. The second-order valence-electron chi connectivity index (χ2n) is 11.3. The number of hydrogen-bond donors (Lipinski definition) is 1. The Morgan fingerprint density at radius 3 is 2.33 bits per heavy atom. The number of benzene rings is 1. The SMILES string of the molecule is COc1cc(C)c(S(=O)(=O)N(C)CCOCC(=O)N(C)[C@H]2CCC(NCCN(CCI)C3CCCC3)C2)c(C)c1. The largest absolute Gasteiger partial charge is 0.497 e. The number of amides is 1. The Labute approximate surface area is 255 Å². The minimum atomic E-state index is -3.69. The average Bonchev–Trinajstić information content (AvgIpc) is 3.62. The molecular formula is C29H49IN4O5S. The van der Waals surface area contributed by atoms with Crippen molar-refractivity contribution in [1.82, 2.24) is 19.4 Å². The van der Waals surface area contributed by atoms with Gasteiger partial charge in [0, 0.05) is 62.8 Å². The summed E-state index contributed by atoms with van der Waals surface area (Å²) in [6, 6.07) is 4.85. The smallest absolute Gasteiger partial charge is 0.248 e. The first-order valence-electron chi connectivity index (χ1n) is 14.6. The van der Waals surface area contributed by atoms with Crippen LogP contribution in [0.25, 0.3) is 0 Å². The van der Waals surface area contributed by atoms with Crippen molar-refractivity contribution in [2.45, 2.75) is 81.8 Å². The van der Waals surface area contributed by atoms with E-state index in [2.05, 4.69) is 32.8 Å². The maximum absolute atomic E-state index is 13.2. The van der Waals surface area contributed by atoms with Crippen molar-refractivity contribution in [2.24, 2.45) is 0 Å². The van der Waals surface area contributed by atoms with Gasteiger partial charge in [-0.2, -0.15) is 4.31 Å². The van der Waals surface area contributed by atoms with Gasteiger partial charge in [0.1, 0.15) is 12.4 Å². The van der Waals surface area contributed by atoms with Gasteiger partial charge in [-0.25, -0.2) is 8.42 Å². The third-order valence-corrected chi connectivity index (χ3v) is 11.2. The lowest BCUT2D eigenvalue weighted by Crippen LogP contribution is -2.42. The van der Waals surface area contributed by atoms with Crippen molar-refractivity contribution in [2.75, 3.05) is 65.0 Å². The van der Waals surface area contributed by atoms with Crippen LogP contribution in [0.4, 0.5) is 0 Å². The van der Waals surface area contributed by atoms with E-state index < -0.39 is 10.0 Å². The van der Waals surface area contributed by atoms with Crippen LogP contribution in [0.1, 0.15) is 56.1 Å². The van der Waals surface area contributed by atoms with E-state index in [9.17, 15) is 13.2 Å². The molecule has 0 saturated heterocycles.